The maximum atomic E-state index is 5.58. The molecule has 0 saturated carbocycles. The summed E-state index contributed by atoms with van der Waals surface area (Å²) in [4.78, 5) is 1.48. The van der Waals surface area contributed by atoms with Gasteiger partial charge in [-0.3, -0.25) is 0 Å². The Hall–Kier alpha value is -1.70. The molecule has 4 heteroatoms. The molecule has 1 aliphatic rings. The molecule has 1 saturated heterocycles. The van der Waals surface area contributed by atoms with Crippen LogP contribution in [0.2, 0.25) is 0 Å². The Morgan fingerprint density at radius 2 is 1.89 bits per heavy atom. The van der Waals surface area contributed by atoms with E-state index in [0.29, 0.717) is 6.61 Å². The van der Waals surface area contributed by atoms with Gasteiger partial charge in [-0.15, -0.1) is 0 Å². The largest absolute Gasteiger partial charge is 0.493 e. The van der Waals surface area contributed by atoms with Crippen molar-refractivity contribution in [1.82, 2.24) is 0 Å². The molecule has 2 rings (SSSR count). The van der Waals surface area contributed by atoms with Crippen LogP contribution in [0.5, 0.6) is 11.5 Å². The maximum absolute atomic E-state index is 5.58. The summed E-state index contributed by atoms with van der Waals surface area (Å²) in [5, 5.41) is 0. The van der Waals surface area contributed by atoms with Gasteiger partial charge in [0.05, 0.1) is 20.3 Å². The number of para-hydroxylation sites is 2. The topological polar surface area (TPSA) is 32.1 Å². The Labute approximate surface area is 114 Å². The molecule has 0 radical (unpaired) electrons. The molecule has 19 heavy (non-hydrogen) atoms. The number of morpholine rings is 1. The van der Waals surface area contributed by atoms with Crippen molar-refractivity contribution in [2.45, 2.75) is 0 Å². The molecule has 0 atom stereocenters. The van der Waals surface area contributed by atoms with Crippen molar-refractivity contribution in [3.05, 3.63) is 24.3 Å². The van der Waals surface area contributed by atoms with Crippen molar-refractivity contribution in [2.24, 2.45) is 0 Å². The van der Waals surface area contributed by atoms with Gasteiger partial charge in [0.25, 0.3) is 0 Å². The van der Waals surface area contributed by atoms with Crippen molar-refractivity contribution in [1.29, 1.82) is 0 Å². The van der Waals surface area contributed by atoms with Crippen LogP contribution in [0.4, 0.5) is 0 Å². The summed E-state index contributed by atoms with van der Waals surface area (Å²) < 4.78 is 16.1. The van der Waals surface area contributed by atoms with E-state index in [4.69, 9.17) is 14.2 Å². The van der Waals surface area contributed by atoms with E-state index in [1.807, 2.05) is 24.3 Å². The summed E-state index contributed by atoms with van der Waals surface area (Å²) in [6, 6.07) is 7.59. The van der Waals surface area contributed by atoms with Gasteiger partial charge in [-0.2, -0.15) is 0 Å². The van der Waals surface area contributed by atoms with Crippen LogP contribution in [0.15, 0.2) is 24.3 Å². The number of quaternary nitrogens is 1. The average molecular weight is 262 g/mol. The van der Waals surface area contributed by atoms with E-state index in [9.17, 15) is 0 Å². The molecule has 4 nitrogen and oxygen atoms in total. The molecule has 0 aromatic heterocycles. The Balaban J connectivity index is 1.74. The first-order valence-electron chi connectivity index (χ1n) is 6.53. The fourth-order valence-electron chi connectivity index (χ4n) is 1.93. The molecule has 1 fully saturated rings. The molecule has 1 aliphatic heterocycles. The van der Waals surface area contributed by atoms with Gasteiger partial charge < -0.3 is 19.1 Å². The van der Waals surface area contributed by atoms with Crippen LogP contribution in [0.3, 0.4) is 0 Å². The monoisotopic (exact) mass is 262 g/mol. The molecule has 1 N–H and O–H groups in total. The first kappa shape index (κ1) is 13.7. The minimum absolute atomic E-state index is 0.393. The van der Waals surface area contributed by atoms with E-state index in [-0.39, 0.29) is 0 Å². The smallest absolute Gasteiger partial charge is 0.162 e. The highest BCUT2D eigenvalue weighted by atomic mass is 16.5. The van der Waals surface area contributed by atoms with Gasteiger partial charge in [0.1, 0.15) is 26.2 Å². The Kier molecular flexibility index (Phi) is 5.54. The molecule has 0 amide bonds. The Bertz CT molecular complexity index is 444. The quantitative estimate of drug-likeness (QED) is 0.775. The van der Waals surface area contributed by atoms with Gasteiger partial charge in [-0.25, -0.2) is 0 Å². The SMILES string of the molecule is COc1ccccc1OCC#CC[NH+]1CCOCC1. The van der Waals surface area contributed by atoms with E-state index in [1.54, 1.807) is 7.11 Å². The zero-order chi connectivity index (χ0) is 13.3. The van der Waals surface area contributed by atoms with Crippen molar-refractivity contribution in [3.8, 4) is 23.3 Å². The first-order valence-corrected chi connectivity index (χ1v) is 6.53. The van der Waals surface area contributed by atoms with Crippen LogP contribution in [0.25, 0.3) is 0 Å². The molecule has 102 valence electrons. The van der Waals surface area contributed by atoms with Crippen LogP contribution in [-0.2, 0) is 4.74 Å². The second-order valence-corrected chi connectivity index (χ2v) is 4.33. The third-order valence-corrected chi connectivity index (χ3v) is 3.03. The summed E-state index contributed by atoms with van der Waals surface area (Å²) in [6.07, 6.45) is 0. The molecular weight excluding hydrogens is 242 g/mol. The fourth-order valence-corrected chi connectivity index (χ4v) is 1.93. The minimum atomic E-state index is 0.393. The van der Waals surface area contributed by atoms with Crippen molar-refractivity contribution in [3.63, 3.8) is 0 Å². The molecule has 0 spiro atoms. The third-order valence-electron chi connectivity index (χ3n) is 3.03. The summed E-state index contributed by atoms with van der Waals surface area (Å²) >= 11 is 0. The molecule has 1 heterocycles. The number of benzene rings is 1. The van der Waals surface area contributed by atoms with Crippen LogP contribution in [0, 0.1) is 11.8 Å². The first-order chi connectivity index (χ1) is 9.40. The van der Waals surface area contributed by atoms with E-state index in [2.05, 4.69) is 11.8 Å². The molecule has 0 aliphatic carbocycles. The lowest BCUT2D eigenvalue weighted by molar-refractivity contribution is -0.900. The number of hydrogen-bond acceptors (Lipinski definition) is 3. The Morgan fingerprint density at radius 3 is 2.63 bits per heavy atom. The number of nitrogens with one attached hydrogen (secondary N) is 1. The fraction of sp³-hybridized carbons (Fsp3) is 0.467. The summed E-state index contributed by atoms with van der Waals surface area (Å²) in [6.45, 7) is 5.02. The van der Waals surface area contributed by atoms with Crippen LogP contribution < -0.4 is 14.4 Å². The molecular formula is C15H20NO3+. The highest BCUT2D eigenvalue weighted by Crippen LogP contribution is 2.25. The van der Waals surface area contributed by atoms with Crippen molar-refractivity contribution < 1.29 is 19.1 Å². The van der Waals surface area contributed by atoms with Crippen LogP contribution in [-0.4, -0.2) is 46.6 Å². The summed E-state index contributed by atoms with van der Waals surface area (Å²) in [5.41, 5.74) is 0. The van der Waals surface area contributed by atoms with Crippen molar-refractivity contribution >= 4 is 0 Å². The number of hydrogen-bond donors (Lipinski definition) is 1. The van der Waals surface area contributed by atoms with E-state index < -0.39 is 0 Å². The van der Waals surface area contributed by atoms with Gasteiger partial charge in [-0.1, -0.05) is 18.1 Å². The van der Waals surface area contributed by atoms with Gasteiger partial charge in [0.15, 0.2) is 11.5 Å². The van der Waals surface area contributed by atoms with E-state index >= 15 is 0 Å². The normalized spacial score (nSPS) is 15.4. The summed E-state index contributed by atoms with van der Waals surface area (Å²) in [7, 11) is 1.63. The van der Waals surface area contributed by atoms with Gasteiger partial charge in [-0.05, 0) is 18.1 Å². The average Bonchev–Trinajstić information content (AvgIpc) is 2.48. The third kappa shape index (κ3) is 4.47. The number of rotatable bonds is 4. The van der Waals surface area contributed by atoms with E-state index in [0.717, 1.165) is 44.3 Å². The predicted octanol–water partition coefficient (Wildman–Crippen LogP) is -0.00750. The number of methoxy groups -OCH3 is 1. The standard InChI is InChI=1S/C15H19NO3/c1-17-14-6-2-3-7-15(14)19-11-5-4-8-16-9-12-18-13-10-16/h2-3,6-7H,8-13H2,1H3/p+1. The zero-order valence-electron chi connectivity index (χ0n) is 11.3. The lowest BCUT2D eigenvalue weighted by atomic mass is 10.3. The van der Waals surface area contributed by atoms with Gasteiger partial charge in [0, 0.05) is 0 Å². The lowest BCUT2D eigenvalue weighted by Crippen LogP contribution is -3.14. The highest BCUT2D eigenvalue weighted by Gasteiger charge is 2.11. The van der Waals surface area contributed by atoms with E-state index in [1.165, 1.54) is 4.90 Å². The van der Waals surface area contributed by atoms with Crippen molar-refractivity contribution in [2.75, 3.05) is 46.6 Å². The molecule has 0 bridgehead atoms. The molecule has 0 unspecified atom stereocenters. The maximum Gasteiger partial charge on any atom is 0.162 e. The highest BCUT2D eigenvalue weighted by molar-refractivity contribution is 5.39. The van der Waals surface area contributed by atoms with Gasteiger partial charge >= 0.3 is 0 Å². The second kappa shape index (κ2) is 7.67. The second-order valence-electron chi connectivity index (χ2n) is 4.33. The number of ether oxygens (including phenoxy) is 3. The lowest BCUT2D eigenvalue weighted by Gasteiger charge is -2.21. The zero-order valence-corrected chi connectivity index (χ0v) is 11.3. The van der Waals surface area contributed by atoms with Gasteiger partial charge in [0.2, 0.25) is 0 Å². The predicted molar refractivity (Wildman–Crippen MR) is 72.6 cm³/mol. The summed E-state index contributed by atoms with van der Waals surface area (Å²) in [5.74, 6) is 7.67. The molecule has 1 aromatic rings. The molecule has 1 aromatic carbocycles. The van der Waals surface area contributed by atoms with Crippen LogP contribution in [0.1, 0.15) is 0 Å². The minimum Gasteiger partial charge on any atom is -0.493 e. The Morgan fingerprint density at radius 1 is 1.16 bits per heavy atom. The van der Waals surface area contributed by atoms with Crippen LogP contribution >= 0.6 is 0 Å².